The highest BCUT2D eigenvalue weighted by Gasteiger charge is 2.59. The number of benzene rings is 4. The van der Waals surface area contributed by atoms with Crippen molar-refractivity contribution >= 4 is 11.6 Å². The van der Waals surface area contributed by atoms with Gasteiger partial charge in [0.2, 0.25) is 5.91 Å². The lowest BCUT2D eigenvalue weighted by atomic mass is 9.54. The Balaban J connectivity index is 0.976. The zero-order chi connectivity index (χ0) is 36.0. The zero-order valence-electron chi connectivity index (χ0n) is 31.4. The molecule has 4 aliphatic rings. The van der Waals surface area contributed by atoms with E-state index in [2.05, 4.69) is 89.9 Å². The van der Waals surface area contributed by atoms with Crippen molar-refractivity contribution in [2.45, 2.75) is 102 Å². The molecule has 8 rings (SSSR count). The number of carbonyl (C=O) groups is 1. The van der Waals surface area contributed by atoms with Crippen LogP contribution in [0.25, 0.3) is 0 Å². The summed E-state index contributed by atoms with van der Waals surface area (Å²) in [6.45, 7) is 7.22. The third-order valence-corrected chi connectivity index (χ3v) is 12.9. The van der Waals surface area contributed by atoms with Gasteiger partial charge in [0.25, 0.3) is 0 Å². The number of hydrogen-bond donors (Lipinski definition) is 1. The first-order chi connectivity index (χ1) is 26.0. The maximum absolute atomic E-state index is 12.8. The first kappa shape index (κ1) is 35.9. The van der Waals surface area contributed by atoms with Crippen LogP contribution in [0, 0.1) is 17.3 Å². The van der Waals surface area contributed by atoms with Gasteiger partial charge >= 0.3 is 0 Å². The average Bonchev–Trinajstić information content (AvgIpc) is 3.83. The third-order valence-electron chi connectivity index (χ3n) is 12.9. The summed E-state index contributed by atoms with van der Waals surface area (Å²) in [5, 5.41) is 3.12. The van der Waals surface area contributed by atoms with E-state index in [1.54, 1.807) is 0 Å². The van der Waals surface area contributed by atoms with Crippen LogP contribution in [0.5, 0.6) is 11.5 Å². The number of nitrogens with zero attached hydrogens (tertiary/aromatic N) is 1. The number of nitrogens with one attached hydrogen (secondary N) is 1. The lowest BCUT2D eigenvalue weighted by Gasteiger charge is -2.53. The lowest BCUT2D eigenvalue weighted by molar-refractivity contribution is -0.116. The molecule has 2 saturated carbocycles. The maximum atomic E-state index is 12.8. The summed E-state index contributed by atoms with van der Waals surface area (Å²) in [6.07, 6.45) is 10.8. The molecule has 1 aliphatic heterocycles. The van der Waals surface area contributed by atoms with Crippen molar-refractivity contribution < 1.29 is 19.0 Å². The standard InChI is InChI=1S/C47H56N2O4/c1-47-31-43(53-38-20-18-37(19-21-38)48-45(50)16-8-9-27-49-28-10-11-29-49)46-40-24-22-39(51-32-34-12-4-2-5-13-34)30-36(40)17-23-41(46)42(47)25-26-44(47)52-33-35-14-6-3-7-15-35/h2-7,12-15,18-22,24,30,41-44,46H,8-11,16-17,23,25-29,31-33H2,1H3,(H,48,50)/t41-,42-,43-,44-,46+,47-/m0/s1. The van der Waals surface area contributed by atoms with E-state index in [-0.39, 0.29) is 23.5 Å². The molecule has 1 heterocycles. The molecule has 1 amide bonds. The molecule has 1 N–H and O–H groups in total. The number of carbonyl (C=O) groups excluding carboxylic acids is 1. The number of anilines is 1. The van der Waals surface area contributed by atoms with Gasteiger partial charge in [-0.1, -0.05) is 73.7 Å². The van der Waals surface area contributed by atoms with Gasteiger partial charge in [0.15, 0.2) is 0 Å². The molecule has 278 valence electrons. The number of amides is 1. The van der Waals surface area contributed by atoms with Crippen molar-refractivity contribution in [3.8, 4) is 11.5 Å². The molecule has 1 saturated heterocycles. The van der Waals surface area contributed by atoms with E-state index < -0.39 is 0 Å². The number of hydrogen-bond acceptors (Lipinski definition) is 5. The van der Waals surface area contributed by atoms with Crippen LogP contribution in [-0.2, 0) is 29.2 Å². The molecule has 0 radical (unpaired) electrons. The van der Waals surface area contributed by atoms with Crippen LogP contribution in [0.4, 0.5) is 5.69 Å². The van der Waals surface area contributed by atoms with Gasteiger partial charge in [-0.25, -0.2) is 0 Å². The second-order valence-electron chi connectivity index (χ2n) is 16.3. The van der Waals surface area contributed by atoms with Crippen LogP contribution in [0.2, 0.25) is 0 Å². The molecule has 0 unspecified atom stereocenters. The van der Waals surface area contributed by atoms with E-state index in [4.69, 9.17) is 14.2 Å². The van der Waals surface area contributed by atoms with E-state index >= 15 is 0 Å². The molecule has 3 fully saturated rings. The molecule has 4 aromatic rings. The molecule has 4 aromatic carbocycles. The maximum Gasteiger partial charge on any atom is 0.224 e. The summed E-state index contributed by atoms with van der Waals surface area (Å²) >= 11 is 0. The Labute approximate surface area is 316 Å². The zero-order valence-corrected chi connectivity index (χ0v) is 31.4. The van der Waals surface area contributed by atoms with Crippen LogP contribution in [0.3, 0.4) is 0 Å². The lowest BCUT2D eigenvalue weighted by Crippen LogP contribution is -2.52. The summed E-state index contributed by atoms with van der Waals surface area (Å²) in [5.74, 6) is 3.29. The van der Waals surface area contributed by atoms with Crippen LogP contribution in [0.1, 0.15) is 92.9 Å². The van der Waals surface area contributed by atoms with Gasteiger partial charge in [-0.3, -0.25) is 4.79 Å². The number of aryl methyl sites for hydroxylation is 1. The Kier molecular flexibility index (Phi) is 11.2. The second kappa shape index (κ2) is 16.5. The molecule has 53 heavy (non-hydrogen) atoms. The van der Waals surface area contributed by atoms with Crippen molar-refractivity contribution in [3.05, 3.63) is 125 Å². The SMILES string of the molecule is C[C@]12C[C@H](Oc3ccc(NC(=O)CCCCN4CCCC4)cc3)[C@@H]3c4ccc(OCc5ccccc5)cc4CC[C@H]3[C@@H]1CC[C@@H]2OCc1ccccc1. The Morgan fingerprint density at radius 1 is 0.811 bits per heavy atom. The number of rotatable bonds is 14. The van der Waals surface area contributed by atoms with Gasteiger partial charge < -0.3 is 24.4 Å². The number of likely N-dealkylation sites (tertiary alicyclic amines) is 1. The number of ether oxygens (including phenoxy) is 3. The van der Waals surface area contributed by atoms with E-state index in [0.29, 0.717) is 37.4 Å². The largest absolute Gasteiger partial charge is 0.490 e. The molecule has 0 bridgehead atoms. The summed E-state index contributed by atoms with van der Waals surface area (Å²) < 4.78 is 20.2. The van der Waals surface area contributed by atoms with Crippen molar-refractivity contribution in [2.75, 3.05) is 25.0 Å². The van der Waals surface area contributed by atoms with Gasteiger partial charge in [0, 0.05) is 23.4 Å². The fraction of sp³-hybridized carbons (Fsp3) is 0.468. The van der Waals surface area contributed by atoms with E-state index in [0.717, 1.165) is 62.3 Å². The predicted molar refractivity (Wildman–Crippen MR) is 211 cm³/mol. The molecular weight excluding hydrogens is 657 g/mol. The van der Waals surface area contributed by atoms with Gasteiger partial charge in [-0.05, 0) is 148 Å². The van der Waals surface area contributed by atoms with Gasteiger partial charge in [-0.15, -0.1) is 0 Å². The van der Waals surface area contributed by atoms with Crippen LogP contribution < -0.4 is 14.8 Å². The summed E-state index contributed by atoms with van der Waals surface area (Å²) in [6, 6.07) is 35.8. The smallest absolute Gasteiger partial charge is 0.224 e. The summed E-state index contributed by atoms with van der Waals surface area (Å²) in [7, 11) is 0. The van der Waals surface area contributed by atoms with Gasteiger partial charge in [0.05, 0.1) is 12.7 Å². The van der Waals surface area contributed by atoms with Gasteiger partial charge in [0.1, 0.15) is 24.2 Å². The Bertz CT molecular complexity index is 1790. The van der Waals surface area contributed by atoms with Crippen molar-refractivity contribution in [1.29, 1.82) is 0 Å². The van der Waals surface area contributed by atoms with E-state index in [9.17, 15) is 4.79 Å². The predicted octanol–water partition coefficient (Wildman–Crippen LogP) is 9.97. The number of fused-ring (bicyclic) bond motifs is 5. The van der Waals surface area contributed by atoms with Crippen molar-refractivity contribution in [1.82, 2.24) is 4.90 Å². The van der Waals surface area contributed by atoms with E-state index in [1.807, 2.05) is 30.3 Å². The van der Waals surface area contributed by atoms with Crippen LogP contribution >= 0.6 is 0 Å². The normalized spacial score (nSPS) is 26.3. The highest BCUT2D eigenvalue weighted by atomic mass is 16.5. The fourth-order valence-electron chi connectivity index (χ4n) is 10.2. The fourth-order valence-corrected chi connectivity index (χ4v) is 10.2. The monoisotopic (exact) mass is 712 g/mol. The quantitative estimate of drug-likeness (QED) is 0.132. The first-order valence-electron chi connectivity index (χ1n) is 20.3. The third kappa shape index (κ3) is 8.34. The average molecular weight is 713 g/mol. The molecule has 0 spiro atoms. The highest BCUT2D eigenvalue weighted by molar-refractivity contribution is 5.90. The minimum absolute atomic E-state index is 0.00774. The Morgan fingerprint density at radius 3 is 2.28 bits per heavy atom. The molecule has 6 heteroatoms. The highest BCUT2D eigenvalue weighted by Crippen LogP contribution is 2.62. The van der Waals surface area contributed by atoms with Crippen molar-refractivity contribution in [2.24, 2.45) is 17.3 Å². The number of unbranched alkanes of at least 4 members (excludes halogenated alkanes) is 1. The van der Waals surface area contributed by atoms with Crippen LogP contribution in [0.15, 0.2) is 103 Å². The molecule has 3 aliphatic carbocycles. The molecule has 6 nitrogen and oxygen atoms in total. The minimum atomic E-state index is 0.00774. The molecular formula is C47H56N2O4. The summed E-state index contributed by atoms with van der Waals surface area (Å²) in [4.78, 5) is 15.3. The van der Waals surface area contributed by atoms with Crippen molar-refractivity contribution in [3.63, 3.8) is 0 Å². The van der Waals surface area contributed by atoms with Gasteiger partial charge in [-0.2, -0.15) is 0 Å². The first-order valence-corrected chi connectivity index (χ1v) is 20.3. The summed E-state index contributed by atoms with van der Waals surface area (Å²) in [5.41, 5.74) is 6.07. The second-order valence-corrected chi connectivity index (χ2v) is 16.3. The van der Waals surface area contributed by atoms with Crippen LogP contribution in [-0.4, -0.2) is 42.6 Å². The topological polar surface area (TPSA) is 60.0 Å². The molecule has 0 aromatic heterocycles. The minimum Gasteiger partial charge on any atom is -0.490 e. The Morgan fingerprint density at radius 2 is 1.53 bits per heavy atom. The Hall–Kier alpha value is -4.13. The van der Waals surface area contributed by atoms with E-state index in [1.165, 1.54) is 54.6 Å². The molecule has 6 atom stereocenters.